The number of carbonyl (C=O) groups excluding carboxylic acids is 1. The number of nitrogens with one attached hydrogen (secondary N) is 1. The van der Waals surface area contributed by atoms with Gasteiger partial charge in [-0.2, -0.15) is 0 Å². The van der Waals surface area contributed by atoms with E-state index in [4.69, 9.17) is 9.84 Å². The van der Waals surface area contributed by atoms with Gasteiger partial charge in [0.05, 0.1) is 13.5 Å². The van der Waals surface area contributed by atoms with E-state index in [1.165, 1.54) is 11.3 Å². The van der Waals surface area contributed by atoms with E-state index in [-0.39, 0.29) is 24.7 Å². The molecule has 0 aliphatic rings. The predicted molar refractivity (Wildman–Crippen MR) is 88.8 cm³/mol. The molecule has 0 saturated carbocycles. The van der Waals surface area contributed by atoms with Crippen molar-refractivity contribution in [2.24, 2.45) is 0 Å². The van der Waals surface area contributed by atoms with Crippen LogP contribution < -0.4 is 10.1 Å². The summed E-state index contributed by atoms with van der Waals surface area (Å²) in [5, 5.41) is 13.7. The molecule has 0 radical (unpaired) electrons. The lowest BCUT2D eigenvalue weighted by Crippen LogP contribution is -2.25. The quantitative estimate of drug-likeness (QED) is 0.778. The molecule has 122 valence electrons. The Morgan fingerprint density at radius 2 is 1.96 bits per heavy atom. The topological polar surface area (TPSA) is 75.6 Å². The standard InChI is InChI=1S/C17H19NO4S/c1-22-14-6-4-12(5-7-14)11-18-16(19)9-13(10-17(20)21)15-3-2-8-23-15/h2-8,13H,9-11H2,1H3,(H,18,19)(H,20,21). The van der Waals surface area contributed by atoms with Crippen LogP contribution >= 0.6 is 11.3 Å². The normalized spacial score (nSPS) is 11.7. The monoisotopic (exact) mass is 333 g/mol. The summed E-state index contributed by atoms with van der Waals surface area (Å²) < 4.78 is 5.08. The van der Waals surface area contributed by atoms with Crippen molar-refractivity contribution >= 4 is 23.2 Å². The van der Waals surface area contributed by atoms with Crippen LogP contribution in [0.2, 0.25) is 0 Å². The van der Waals surface area contributed by atoms with E-state index in [0.717, 1.165) is 16.2 Å². The Hall–Kier alpha value is -2.34. The third-order valence-electron chi connectivity index (χ3n) is 3.45. The highest BCUT2D eigenvalue weighted by molar-refractivity contribution is 7.10. The first-order valence-electron chi connectivity index (χ1n) is 7.23. The van der Waals surface area contributed by atoms with Crippen molar-refractivity contribution in [2.45, 2.75) is 25.3 Å². The minimum atomic E-state index is -0.897. The number of benzene rings is 1. The number of aliphatic carboxylic acids is 1. The van der Waals surface area contributed by atoms with Crippen LogP contribution in [-0.2, 0) is 16.1 Å². The number of hydrogen-bond donors (Lipinski definition) is 2. The minimum Gasteiger partial charge on any atom is -0.497 e. The number of carboxylic acid groups (broad SMARTS) is 1. The summed E-state index contributed by atoms with van der Waals surface area (Å²) in [5.41, 5.74) is 0.963. The molecule has 1 amide bonds. The fourth-order valence-electron chi connectivity index (χ4n) is 2.25. The second-order valence-corrected chi connectivity index (χ2v) is 6.12. The minimum absolute atomic E-state index is 0.0452. The van der Waals surface area contributed by atoms with Gasteiger partial charge in [-0.1, -0.05) is 18.2 Å². The predicted octanol–water partition coefficient (Wildman–Crippen LogP) is 3.02. The Morgan fingerprint density at radius 3 is 2.52 bits per heavy atom. The van der Waals surface area contributed by atoms with Gasteiger partial charge in [0.1, 0.15) is 5.75 Å². The maximum Gasteiger partial charge on any atom is 0.304 e. The Labute approximate surface area is 138 Å². The molecule has 0 fully saturated rings. The third kappa shape index (κ3) is 5.41. The summed E-state index contributed by atoms with van der Waals surface area (Å²) in [4.78, 5) is 24.0. The van der Waals surface area contributed by atoms with Crippen LogP contribution in [0.1, 0.15) is 29.2 Å². The van der Waals surface area contributed by atoms with Crippen LogP contribution in [0.3, 0.4) is 0 Å². The lowest BCUT2D eigenvalue weighted by molar-refractivity contribution is -0.137. The molecule has 0 bridgehead atoms. The zero-order chi connectivity index (χ0) is 16.7. The number of ether oxygens (including phenoxy) is 1. The smallest absolute Gasteiger partial charge is 0.304 e. The molecule has 2 N–H and O–H groups in total. The largest absolute Gasteiger partial charge is 0.497 e. The molecular formula is C17H19NO4S. The molecular weight excluding hydrogens is 314 g/mol. The molecule has 1 atom stereocenters. The molecule has 1 aromatic heterocycles. The van der Waals surface area contributed by atoms with Crippen molar-refractivity contribution in [1.29, 1.82) is 0 Å². The van der Waals surface area contributed by atoms with Crippen molar-refractivity contribution in [3.8, 4) is 5.75 Å². The molecule has 6 heteroatoms. The van der Waals surface area contributed by atoms with Gasteiger partial charge in [-0.25, -0.2) is 0 Å². The van der Waals surface area contributed by atoms with E-state index >= 15 is 0 Å². The zero-order valence-electron chi connectivity index (χ0n) is 12.8. The van der Waals surface area contributed by atoms with Crippen molar-refractivity contribution < 1.29 is 19.4 Å². The van der Waals surface area contributed by atoms with E-state index in [2.05, 4.69) is 5.32 Å². The molecule has 2 rings (SSSR count). The van der Waals surface area contributed by atoms with E-state index in [1.54, 1.807) is 7.11 Å². The van der Waals surface area contributed by atoms with Crippen LogP contribution in [-0.4, -0.2) is 24.1 Å². The fourth-order valence-corrected chi connectivity index (χ4v) is 3.08. The van der Waals surface area contributed by atoms with Gasteiger partial charge >= 0.3 is 5.97 Å². The van der Waals surface area contributed by atoms with Crippen LogP contribution in [0.4, 0.5) is 0 Å². The highest BCUT2D eigenvalue weighted by Crippen LogP contribution is 2.27. The lowest BCUT2D eigenvalue weighted by atomic mass is 9.99. The van der Waals surface area contributed by atoms with E-state index < -0.39 is 5.97 Å². The van der Waals surface area contributed by atoms with Gasteiger partial charge in [-0.05, 0) is 29.1 Å². The summed E-state index contributed by atoms with van der Waals surface area (Å²) in [6.07, 6.45) is 0.124. The van der Waals surface area contributed by atoms with Crippen LogP contribution in [0.5, 0.6) is 5.75 Å². The number of thiophene rings is 1. The zero-order valence-corrected chi connectivity index (χ0v) is 13.6. The van der Waals surface area contributed by atoms with Gasteiger partial charge in [0.15, 0.2) is 0 Å². The van der Waals surface area contributed by atoms with Crippen LogP contribution in [0.25, 0.3) is 0 Å². The third-order valence-corrected chi connectivity index (χ3v) is 4.48. The molecule has 0 spiro atoms. The van der Waals surface area contributed by atoms with Gasteiger partial charge in [-0.15, -0.1) is 11.3 Å². The number of carboxylic acids is 1. The van der Waals surface area contributed by atoms with E-state index in [1.807, 2.05) is 41.8 Å². The molecule has 1 heterocycles. The second-order valence-electron chi connectivity index (χ2n) is 5.14. The Bertz CT molecular complexity index is 637. The summed E-state index contributed by atoms with van der Waals surface area (Å²) in [6, 6.07) is 11.2. The first kappa shape index (κ1) is 17.0. The first-order valence-corrected chi connectivity index (χ1v) is 8.11. The van der Waals surface area contributed by atoms with Crippen LogP contribution in [0.15, 0.2) is 41.8 Å². The number of rotatable bonds is 8. The highest BCUT2D eigenvalue weighted by Gasteiger charge is 2.20. The average Bonchev–Trinajstić information content (AvgIpc) is 3.07. The molecule has 0 aliphatic heterocycles. The highest BCUT2D eigenvalue weighted by atomic mass is 32.1. The SMILES string of the molecule is COc1ccc(CNC(=O)CC(CC(=O)O)c2cccs2)cc1. The molecule has 0 saturated heterocycles. The van der Waals surface area contributed by atoms with Crippen molar-refractivity contribution in [2.75, 3.05) is 7.11 Å². The number of carbonyl (C=O) groups is 2. The van der Waals surface area contributed by atoms with Crippen molar-refractivity contribution in [1.82, 2.24) is 5.32 Å². The number of methoxy groups -OCH3 is 1. The molecule has 0 aliphatic carbocycles. The Morgan fingerprint density at radius 1 is 1.22 bits per heavy atom. The summed E-state index contributed by atoms with van der Waals surface area (Å²) in [5.74, 6) is -0.575. The van der Waals surface area contributed by atoms with E-state index in [0.29, 0.717) is 6.54 Å². The summed E-state index contributed by atoms with van der Waals surface area (Å²) in [6.45, 7) is 0.410. The van der Waals surface area contributed by atoms with Gasteiger partial charge in [0, 0.05) is 23.8 Å². The maximum atomic E-state index is 12.1. The molecule has 2 aromatic rings. The maximum absolute atomic E-state index is 12.1. The summed E-state index contributed by atoms with van der Waals surface area (Å²) >= 11 is 1.48. The average molecular weight is 333 g/mol. The van der Waals surface area contributed by atoms with Gasteiger partial charge in [0.25, 0.3) is 0 Å². The van der Waals surface area contributed by atoms with Crippen molar-refractivity contribution in [3.63, 3.8) is 0 Å². The molecule has 1 aromatic carbocycles. The lowest BCUT2D eigenvalue weighted by Gasteiger charge is -2.13. The Balaban J connectivity index is 1.89. The number of hydrogen-bond acceptors (Lipinski definition) is 4. The molecule has 5 nitrogen and oxygen atoms in total. The molecule has 23 heavy (non-hydrogen) atoms. The van der Waals surface area contributed by atoms with Crippen molar-refractivity contribution in [3.05, 3.63) is 52.2 Å². The van der Waals surface area contributed by atoms with Gasteiger partial charge < -0.3 is 15.2 Å². The van der Waals surface area contributed by atoms with Gasteiger partial charge in [0.2, 0.25) is 5.91 Å². The number of amides is 1. The molecule has 1 unspecified atom stereocenters. The van der Waals surface area contributed by atoms with E-state index in [9.17, 15) is 9.59 Å². The first-order chi connectivity index (χ1) is 11.1. The summed E-state index contributed by atoms with van der Waals surface area (Å²) in [7, 11) is 1.60. The fraction of sp³-hybridized carbons (Fsp3) is 0.294. The van der Waals surface area contributed by atoms with Gasteiger partial charge in [-0.3, -0.25) is 9.59 Å². The van der Waals surface area contributed by atoms with Crippen LogP contribution in [0, 0.1) is 0 Å². The Kier molecular flexibility index (Phi) is 6.17. The second kappa shape index (κ2) is 8.33.